The largest absolute Gasteiger partial charge is 0.497 e. The number of anilines is 1. The van der Waals surface area contributed by atoms with Crippen LogP contribution in [0.2, 0.25) is 0 Å². The number of thiazole rings is 1. The van der Waals surface area contributed by atoms with Gasteiger partial charge >= 0.3 is 0 Å². The van der Waals surface area contributed by atoms with Crippen molar-refractivity contribution >= 4 is 42.4 Å². The second kappa shape index (κ2) is 10.5. The van der Waals surface area contributed by atoms with Crippen molar-refractivity contribution in [2.24, 2.45) is 0 Å². The monoisotopic (exact) mass is 509 g/mol. The summed E-state index contributed by atoms with van der Waals surface area (Å²) in [6.45, 7) is 4.37. The minimum Gasteiger partial charge on any atom is -0.497 e. The lowest BCUT2D eigenvalue weighted by atomic mass is 10.1. The van der Waals surface area contributed by atoms with Crippen LogP contribution in [-0.2, 0) is 21.2 Å². The normalized spacial score (nSPS) is 11.5. The molecule has 0 bridgehead atoms. The molecule has 1 amide bonds. The van der Waals surface area contributed by atoms with Gasteiger partial charge in [-0.15, -0.1) is 0 Å². The van der Waals surface area contributed by atoms with Crippen LogP contribution in [0.3, 0.4) is 0 Å². The first-order valence-electron chi connectivity index (χ1n) is 11.2. The quantitative estimate of drug-likeness (QED) is 0.312. The molecule has 0 spiro atoms. The van der Waals surface area contributed by atoms with Gasteiger partial charge in [0.2, 0.25) is 5.91 Å². The number of amides is 1. The van der Waals surface area contributed by atoms with Crippen molar-refractivity contribution in [2.45, 2.75) is 38.1 Å². The molecule has 2 heterocycles. The third-order valence-corrected chi connectivity index (χ3v) is 8.67. The van der Waals surface area contributed by atoms with Crippen LogP contribution < -0.4 is 9.64 Å². The van der Waals surface area contributed by atoms with E-state index in [1.54, 1.807) is 29.4 Å². The summed E-state index contributed by atoms with van der Waals surface area (Å²) in [6, 6.07) is 14.1. The summed E-state index contributed by atoms with van der Waals surface area (Å²) in [5, 5.41) is 0.598. The standard InChI is InChI=1S/C26H27N3O4S2/c1-18-14-19(2)25-23(15-18)28-26(34-25)29(17-20-6-4-12-27-16-20)24(30)7-5-13-35(31,32)22-10-8-21(33-3)9-11-22/h4,6,8-12,14-16H,5,7,13,17H2,1-3H3. The summed E-state index contributed by atoms with van der Waals surface area (Å²) in [6.07, 6.45) is 3.70. The van der Waals surface area contributed by atoms with Gasteiger partial charge in [-0.2, -0.15) is 0 Å². The van der Waals surface area contributed by atoms with E-state index in [0.717, 1.165) is 26.9 Å². The van der Waals surface area contributed by atoms with Gasteiger partial charge in [0, 0.05) is 18.8 Å². The number of fused-ring (bicyclic) bond motifs is 1. The molecule has 0 aliphatic carbocycles. The second-order valence-corrected chi connectivity index (χ2v) is 11.5. The topological polar surface area (TPSA) is 89.5 Å². The zero-order valence-corrected chi connectivity index (χ0v) is 21.5. The van der Waals surface area contributed by atoms with Crippen LogP contribution in [0.25, 0.3) is 10.2 Å². The molecule has 0 saturated heterocycles. The minimum absolute atomic E-state index is 0.0869. The molecule has 0 N–H and O–H groups in total. The number of pyridine rings is 1. The Morgan fingerprint density at radius 1 is 1.11 bits per heavy atom. The van der Waals surface area contributed by atoms with E-state index in [1.165, 1.54) is 30.6 Å². The summed E-state index contributed by atoms with van der Waals surface area (Å²) in [7, 11) is -1.98. The number of ether oxygens (including phenoxy) is 1. The van der Waals surface area contributed by atoms with Crippen LogP contribution >= 0.6 is 11.3 Å². The molecule has 0 unspecified atom stereocenters. The van der Waals surface area contributed by atoms with E-state index in [-0.39, 0.29) is 29.4 Å². The van der Waals surface area contributed by atoms with Gasteiger partial charge in [0.15, 0.2) is 15.0 Å². The van der Waals surface area contributed by atoms with Gasteiger partial charge in [-0.1, -0.05) is 23.5 Å². The fourth-order valence-electron chi connectivity index (χ4n) is 3.87. The van der Waals surface area contributed by atoms with Crippen LogP contribution in [0, 0.1) is 13.8 Å². The Labute approximate surface area is 209 Å². The number of carbonyl (C=O) groups excluding carboxylic acids is 1. The van der Waals surface area contributed by atoms with Crippen LogP contribution in [0.5, 0.6) is 5.75 Å². The van der Waals surface area contributed by atoms with E-state index in [9.17, 15) is 13.2 Å². The summed E-state index contributed by atoms with van der Waals surface area (Å²) in [4.78, 5) is 24.1. The van der Waals surface area contributed by atoms with Crippen LogP contribution in [0.4, 0.5) is 5.13 Å². The average Bonchev–Trinajstić information content (AvgIpc) is 3.27. The lowest BCUT2D eigenvalue weighted by molar-refractivity contribution is -0.118. The van der Waals surface area contributed by atoms with Crippen LogP contribution in [0.15, 0.2) is 65.8 Å². The van der Waals surface area contributed by atoms with E-state index in [1.807, 2.05) is 32.0 Å². The Hall–Kier alpha value is -3.30. The first-order valence-corrected chi connectivity index (χ1v) is 13.7. The number of aryl methyl sites for hydroxylation is 2. The molecule has 0 fully saturated rings. The lowest BCUT2D eigenvalue weighted by Gasteiger charge is -2.20. The SMILES string of the molecule is COc1ccc(S(=O)(=O)CCCC(=O)N(Cc2cccnc2)c2nc3cc(C)cc(C)c3s2)cc1. The predicted octanol–water partition coefficient (Wildman–Crippen LogP) is 5.10. The van der Waals surface area contributed by atoms with Crippen molar-refractivity contribution in [1.29, 1.82) is 0 Å². The third-order valence-electron chi connectivity index (χ3n) is 5.63. The van der Waals surface area contributed by atoms with Gasteiger partial charge < -0.3 is 4.74 Å². The Balaban J connectivity index is 1.53. The summed E-state index contributed by atoms with van der Waals surface area (Å²) >= 11 is 1.47. The maximum Gasteiger partial charge on any atom is 0.229 e. The lowest BCUT2D eigenvalue weighted by Crippen LogP contribution is -2.30. The van der Waals surface area contributed by atoms with Gasteiger partial charge in [-0.05, 0) is 73.4 Å². The molecule has 0 saturated carbocycles. The Morgan fingerprint density at radius 3 is 2.57 bits per heavy atom. The molecule has 2 aromatic heterocycles. The van der Waals surface area contributed by atoms with Gasteiger partial charge in [-0.3, -0.25) is 14.7 Å². The molecular formula is C26H27N3O4S2. The number of carbonyl (C=O) groups is 1. The molecule has 4 rings (SSSR count). The summed E-state index contributed by atoms with van der Waals surface area (Å²) < 4.78 is 31.6. The molecule has 7 nitrogen and oxygen atoms in total. The number of hydrogen-bond donors (Lipinski definition) is 0. The number of rotatable bonds is 9. The number of methoxy groups -OCH3 is 1. The van der Waals surface area contributed by atoms with E-state index < -0.39 is 9.84 Å². The van der Waals surface area contributed by atoms with Crippen molar-refractivity contribution in [3.63, 3.8) is 0 Å². The molecule has 0 aliphatic rings. The maximum absolute atomic E-state index is 13.3. The Morgan fingerprint density at radius 2 is 1.89 bits per heavy atom. The van der Waals surface area contributed by atoms with Gasteiger partial charge in [-0.25, -0.2) is 13.4 Å². The summed E-state index contributed by atoms with van der Waals surface area (Å²) in [5.41, 5.74) is 3.95. The minimum atomic E-state index is -3.51. The highest BCUT2D eigenvalue weighted by atomic mass is 32.2. The van der Waals surface area contributed by atoms with Crippen molar-refractivity contribution in [3.05, 3.63) is 77.6 Å². The zero-order chi connectivity index (χ0) is 25.0. The fourth-order valence-corrected chi connectivity index (χ4v) is 6.21. The molecule has 4 aromatic rings. The van der Waals surface area contributed by atoms with Crippen molar-refractivity contribution in [3.8, 4) is 5.75 Å². The molecule has 2 aromatic carbocycles. The fraction of sp³-hybridized carbons (Fsp3) is 0.269. The van der Waals surface area contributed by atoms with Gasteiger partial charge in [0.1, 0.15) is 5.75 Å². The molecule has 9 heteroatoms. The smallest absolute Gasteiger partial charge is 0.229 e. The Kier molecular flexibility index (Phi) is 7.47. The van der Waals surface area contributed by atoms with Crippen LogP contribution in [-0.4, -0.2) is 37.2 Å². The van der Waals surface area contributed by atoms with Crippen molar-refractivity contribution < 1.29 is 17.9 Å². The molecule has 0 atom stereocenters. The first kappa shape index (κ1) is 24.8. The molecular weight excluding hydrogens is 482 g/mol. The van der Waals surface area contributed by atoms with E-state index in [2.05, 4.69) is 11.1 Å². The van der Waals surface area contributed by atoms with E-state index in [4.69, 9.17) is 9.72 Å². The van der Waals surface area contributed by atoms with Crippen LogP contribution in [0.1, 0.15) is 29.5 Å². The second-order valence-electron chi connectivity index (χ2n) is 8.37. The van der Waals surface area contributed by atoms with Crippen molar-refractivity contribution in [1.82, 2.24) is 9.97 Å². The number of sulfone groups is 1. The number of hydrogen-bond acceptors (Lipinski definition) is 7. The first-order chi connectivity index (χ1) is 16.8. The van der Waals surface area contributed by atoms with Gasteiger partial charge in [0.25, 0.3) is 0 Å². The molecule has 35 heavy (non-hydrogen) atoms. The Bertz CT molecular complexity index is 1430. The number of benzene rings is 2. The molecule has 182 valence electrons. The average molecular weight is 510 g/mol. The maximum atomic E-state index is 13.3. The molecule has 0 radical (unpaired) electrons. The van der Waals surface area contributed by atoms with E-state index in [0.29, 0.717) is 17.4 Å². The highest BCUT2D eigenvalue weighted by molar-refractivity contribution is 7.91. The van der Waals surface area contributed by atoms with Crippen molar-refractivity contribution in [2.75, 3.05) is 17.8 Å². The highest BCUT2D eigenvalue weighted by Gasteiger charge is 2.22. The number of aromatic nitrogens is 2. The highest BCUT2D eigenvalue weighted by Crippen LogP contribution is 2.33. The zero-order valence-electron chi connectivity index (χ0n) is 19.9. The third kappa shape index (κ3) is 5.86. The molecule has 0 aliphatic heterocycles. The summed E-state index contributed by atoms with van der Waals surface area (Å²) in [5.74, 6) is 0.294. The number of nitrogens with zero attached hydrogens (tertiary/aromatic N) is 3. The van der Waals surface area contributed by atoms with E-state index >= 15 is 0 Å². The predicted molar refractivity (Wildman–Crippen MR) is 139 cm³/mol. The van der Waals surface area contributed by atoms with Gasteiger partial charge in [0.05, 0.1) is 34.5 Å².